The lowest BCUT2D eigenvalue weighted by atomic mass is 10.1. The van der Waals surface area contributed by atoms with Gasteiger partial charge < -0.3 is 10.4 Å². The summed E-state index contributed by atoms with van der Waals surface area (Å²) in [6, 6.07) is 14.6. The van der Waals surface area contributed by atoms with Crippen LogP contribution in [-0.4, -0.2) is 20.8 Å². The summed E-state index contributed by atoms with van der Waals surface area (Å²) in [4.78, 5) is 12.4. The SMILES string of the molecule is Cc1ccc(CO)cc1NC(=O)c1ccc(-n2cccn2)cc1. The van der Waals surface area contributed by atoms with Gasteiger partial charge in [-0.05, 0) is 54.4 Å². The van der Waals surface area contributed by atoms with Gasteiger partial charge in [0.05, 0.1) is 12.3 Å². The molecule has 0 aliphatic rings. The van der Waals surface area contributed by atoms with Crippen molar-refractivity contribution in [2.45, 2.75) is 13.5 Å². The number of hydrogen-bond acceptors (Lipinski definition) is 3. The van der Waals surface area contributed by atoms with E-state index in [1.54, 1.807) is 29.1 Å². The Bertz CT molecular complexity index is 809. The number of rotatable bonds is 4. The van der Waals surface area contributed by atoms with E-state index in [2.05, 4.69) is 10.4 Å². The highest BCUT2D eigenvalue weighted by Crippen LogP contribution is 2.18. The zero-order chi connectivity index (χ0) is 16.2. The van der Waals surface area contributed by atoms with Gasteiger partial charge >= 0.3 is 0 Å². The molecule has 23 heavy (non-hydrogen) atoms. The minimum atomic E-state index is -0.185. The normalized spacial score (nSPS) is 10.5. The number of aliphatic hydroxyl groups excluding tert-OH is 1. The Morgan fingerprint density at radius 1 is 1.22 bits per heavy atom. The minimum absolute atomic E-state index is 0.0539. The van der Waals surface area contributed by atoms with Crippen LogP contribution < -0.4 is 5.32 Å². The maximum atomic E-state index is 12.4. The van der Waals surface area contributed by atoms with Gasteiger partial charge in [0.25, 0.3) is 5.91 Å². The first-order valence-corrected chi connectivity index (χ1v) is 7.29. The monoisotopic (exact) mass is 307 g/mol. The van der Waals surface area contributed by atoms with Crippen LogP contribution in [0.4, 0.5) is 5.69 Å². The topological polar surface area (TPSA) is 67.2 Å². The van der Waals surface area contributed by atoms with Crippen molar-refractivity contribution in [3.05, 3.63) is 77.6 Å². The second kappa shape index (κ2) is 6.46. The summed E-state index contributed by atoms with van der Waals surface area (Å²) < 4.78 is 1.73. The Balaban J connectivity index is 1.78. The number of aromatic nitrogens is 2. The Kier molecular flexibility index (Phi) is 4.21. The second-order valence-corrected chi connectivity index (χ2v) is 5.26. The number of benzene rings is 2. The fraction of sp³-hybridized carbons (Fsp3) is 0.111. The summed E-state index contributed by atoms with van der Waals surface area (Å²) in [5, 5.41) is 16.2. The van der Waals surface area contributed by atoms with Gasteiger partial charge in [0, 0.05) is 23.6 Å². The van der Waals surface area contributed by atoms with Crippen molar-refractivity contribution >= 4 is 11.6 Å². The van der Waals surface area contributed by atoms with Crippen LogP contribution in [0.5, 0.6) is 0 Å². The van der Waals surface area contributed by atoms with E-state index in [1.807, 2.05) is 43.5 Å². The molecule has 2 N–H and O–H groups in total. The third-order valence-electron chi connectivity index (χ3n) is 3.63. The minimum Gasteiger partial charge on any atom is -0.392 e. The molecule has 0 fully saturated rings. The van der Waals surface area contributed by atoms with Gasteiger partial charge in [0.1, 0.15) is 0 Å². The summed E-state index contributed by atoms with van der Waals surface area (Å²) >= 11 is 0. The zero-order valence-electron chi connectivity index (χ0n) is 12.7. The van der Waals surface area contributed by atoms with Crippen LogP contribution in [0.1, 0.15) is 21.5 Å². The van der Waals surface area contributed by atoms with Crippen LogP contribution in [-0.2, 0) is 6.61 Å². The molecule has 3 aromatic rings. The van der Waals surface area contributed by atoms with Crippen LogP contribution in [0.3, 0.4) is 0 Å². The number of amides is 1. The van der Waals surface area contributed by atoms with Crippen molar-refractivity contribution in [3.8, 4) is 5.69 Å². The predicted molar refractivity (Wildman–Crippen MR) is 88.6 cm³/mol. The maximum absolute atomic E-state index is 12.4. The maximum Gasteiger partial charge on any atom is 0.255 e. The second-order valence-electron chi connectivity index (χ2n) is 5.26. The van der Waals surface area contributed by atoms with Crippen molar-refractivity contribution in [3.63, 3.8) is 0 Å². The molecule has 2 aromatic carbocycles. The Labute approximate surface area is 134 Å². The number of aliphatic hydroxyl groups is 1. The molecule has 0 aliphatic carbocycles. The summed E-state index contributed by atoms with van der Waals surface area (Å²) in [5.74, 6) is -0.185. The first kappa shape index (κ1) is 15.0. The lowest BCUT2D eigenvalue weighted by Gasteiger charge is -2.10. The zero-order valence-corrected chi connectivity index (χ0v) is 12.7. The van der Waals surface area contributed by atoms with Gasteiger partial charge in [-0.3, -0.25) is 4.79 Å². The third kappa shape index (κ3) is 3.30. The summed E-state index contributed by atoms with van der Waals surface area (Å²) in [7, 11) is 0. The van der Waals surface area contributed by atoms with Crippen LogP contribution in [0.15, 0.2) is 60.9 Å². The number of nitrogens with zero attached hydrogens (tertiary/aromatic N) is 2. The molecule has 0 aliphatic heterocycles. The molecule has 1 amide bonds. The van der Waals surface area contributed by atoms with Gasteiger partial charge in [-0.25, -0.2) is 4.68 Å². The number of hydrogen-bond donors (Lipinski definition) is 2. The lowest BCUT2D eigenvalue weighted by Crippen LogP contribution is -2.13. The van der Waals surface area contributed by atoms with Gasteiger partial charge in [-0.1, -0.05) is 12.1 Å². The van der Waals surface area contributed by atoms with E-state index in [0.717, 1.165) is 16.8 Å². The summed E-state index contributed by atoms with van der Waals surface area (Å²) in [6.45, 7) is 1.86. The van der Waals surface area contributed by atoms with Crippen LogP contribution in [0, 0.1) is 6.92 Å². The molecule has 0 spiro atoms. The van der Waals surface area contributed by atoms with Crippen molar-refractivity contribution in [1.82, 2.24) is 9.78 Å². The summed E-state index contributed by atoms with van der Waals surface area (Å²) in [6.07, 6.45) is 3.55. The molecule has 3 rings (SSSR count). The number of aryl methyl sites for hydroxylation is 1. The van der Waals surface area contributed by atoms with Crippen LogP contribution in [0.2, 0.25) is 0 Å². The highest BCUT2D eigenvalue weighted by Gasteiger charge is 2.09. The van der Waals surface area contributed by atoms with Crippen LogP contribution in [0.25, 0.3) is 5.69 Å². The van der Waals surface area contributed by atoms with Gasteiger partial charge in [-0.2, -0.15) is 5.10 Å². The molecular formula is C18H17N3O2. The van der Waals surface area contributed by atoms with Gasteiger partial charge in [0.2, 0.25) is 0 Å². The van der Waals surface area contributed by atoms with Gasteiger partial charge in [0.15, 0.2) is 0 Å². The van der Waals surface area contributed by atoms with E-state index in [4.69, 9.17) is 0 Å². The molecule has 1 heterocycles. The van der Waals surface area contributed by atoms with E-state index >= 15 is 0 Å². The smallest absolute Gasteiger partial charge is 0.255 e. The molecule has 0 radical (unpaired) electrons. The molecule has 5 heteroatoms. The molecule has 0 unspecified atom stereocenters. The first-order valence-electron chi connectivity index (χ1n) is 7.29. The van der Waals surface area contributed by atoms with Gasteiger partial charge in [-0.15, -0.1) is 0 Å². The molecule has 0 atom stereocenters. The fourth-order valence-electron chi connectivity index (χ4n) is 2.28. The standard InChI is InChI=1S/C18H17N3O2/c1-13-3-4-14(12-22)11-17(13)20-18(23)15-5-7-16(8-6-15)21-10-2-9-19-21/h2-11,22H,12H2,1H3,(H,20,23). The molecule has 0 saturated carbocycles. The number of anilines is 1. The average molecular weight is 307 g/mol. The largest absolute Gasteiger partial charge is 0.392 e. The number of carbonyl (C=O) groups excluding carboxylic acids is 1. The Morgan fingerprint density at radius 2 is 2.00 bits per heavy atom. The first-order chi connectivity index (χ1) is 11.2. The molecule has 1 aromatic heterocycles. The number of carbonyl (C=O) groups is 1. The number of nitrogens with one attached hydrogen (secondary N) is 1. The van der Waals surface area contributed by atoms with Crippen molar-refractivity contribution in [2.75, 3.05) is 5.32 Å². The molecule has 0 bridgehead atoms. The molecule has 116 valence electrons. The highest BCUT2D eigenvalue weighted by molar-refractivity contribution is 6.04. The molecular weight excluding hydrogens is 290 g/mol. The van der Waals surface area contributed by atoms with E-state index in [0.29, 0.717) is 11.3 Å². The predicted octanol–water partition coefficient (Wildman–Crippen LogP) is 2.93. The van der Waals surface area contributed by atoms with Crippen molar-refractivity contribution in [2.24, 2.45) is 0 Å². The Morgan fingerprint density at radius 3 is 2.65 bits per heavy atom. The summed E-state index contributed by atoms with van der Waals surface area (Å²) in [5.41, 5.74) is 3.88. The molecule has 5 nitrogen and oxygen atoms in total. The molecule has 0 saturated heterocycles. The van der Waals surface area contributed by atoms with Crippen LogP contribution >= 0.6 is 0 Å². The third-order valence-corrected chi connectivity index (χ3v) is 3.63. The quantitative estimate of drug-likeness (QED) is 0.779. The Hall–Kier alpha value is -2.92. The fourth-order valence-corrected chi connectivity index (χ4v) is 2.28. The van der Waals surface area contributed by atoms with Crippen molar-refractivity contribution < 1.29 is 9.90 Å². The van der Waals surface area contributed by atoms with E-state index in [-0.39, 0.29) is 12.5 Å². The van der Waals surface area contributed by atoms with E-state index in [9.17, 15) is 9.90 Å². The van der Waals surface area contributed by atoms with E-state index in [1.165, 1.54) is 0 Å². The van der Waals surface area contributed by atoms with E-state index < -0.39 is 0 Å². The lowest BCUT2D eigenvalue weighted by molar-refractivity contribution is 0.102. The highest BCUT2D eigenvalue weighted by atomic mass is 16.3. The average Bonchev–Trinajstić information content (AvgIpc) is 3.11. The van der Waals surface area contributed by atoms with Crippen molar-refractivity contribution in [1.29, 1.82) is 0 Å².